The number of nitrogens with zero attached hydrogens (tertiary/aromatic N) is 2. The van der Waals surface area contributed by atoms with Crippen molar-refractivity contribution in [3.8, 4) is 0 Å². The van der Waals surface area contributed by atoms with Crippen molar-refractivity contribution in [3.63, 3.8) is 0 Å². The van der Waals surface area contributed by atoms with Gasteiger partial charge in [-0.1, -0.05) is 0 Å². The molecule has 1 saturated heterocycles. The van der Waals surface area contributed by atoms with Gasteiger partial charge in [0.05, 0.1) is 35.9 Å². The van der Waals surface area contributed by atoms with Crippen molar-refractivity contribution in [2.75, 3.05) is 50.1 Å². The second kappa shape index (κ2) is 9.43. The van der Waals surface area contributed by atoms with Crippen LogP contribution < -0.4 is 10.2 Å². The summed E-state index contributed by atoms with van der Waals surface area (Å²) in [6, 6.07) is 7.50. The Balaban J connectivity index is 1.76. The number of hydrogen-bond donors (Lipinski definition) is 1. The Labute approximate surface area is 182 Å². The smallest absolute Gasteiger partial charge is 0.378 e. The number of sulfonamides is 1. The molecule has 1 amide bonds. The van der Waals surface area contributed by atoms with Crippen LogP contribution in [0.3, 0.4) is 0 Å². The predicted molar refractivity (Wildman–Crippen MR) is 109 cm³/mol. The standard InChI is InChI=1S/C20H21F4N3O4S/c1-26(32(29,30)16-5-2-14(21)3-6-16)13-19(28)25-18-7-4-15(12-17(18)20(22,23)24)27-8-10-31-11-9-27/h2-7,12H,8-11,13H2,1H3,(H,25,28). The van der Waals surface area contributed by atoms with Crippen LogP contribution in [0.2, 0.25) is 0 Å². The quantitative estimate of drug-likeness (QED) is 0.650. The maximum Gasteiger partial charge on any atom is 0.418 e. The van der Waals surface area contributed by atoms with E-state index in [1.807, 2.05) is 0 Å². The van der Waals surface area contributed by atoms with E-state index in [1.54, 1.807) is 4.90 Å². The van der Waals surface area contributed by atoms with Crippen molar-refractivity contribution in [1.82, 2.24) is 4.31 Å². The molecule has 0 spiro atoms. The lowest BCUT2D eigenvalue weighted by Gasteiger charge is -2.29. The highest BCUT2D eigenvalue weighted by Crippen LogP contribution is 2.37. The molecular weight excluding hydrogens is 454 g/mol. The fourth-order valence-electron chi connectivity index (χ4n) is 3.16. The molecule has 12 heteroatoms. The van der Waals surface area contributed by atoms with E-state index in [0.29, 0.717) is 36.3 Å². The fraction of sp³-hybridized carbons (Fsp3) is 0.350. The number of carbonyl (C=O) groups excluding carboxylic acids is 1. The van der Waals surface area contributed by atoms with Crippen LogP contribution in [0.25, 0.3) is 0 Å². The monoisotopic (exact) mass is 475 g/mol. The van der Waals surface area contributed by atoms with E-state index in [-0.39, 0.29) is 4.90 Å². The summed E-state index contributed by atoms with van der Waals surface area (Å²) in [5.41, 5.74) is -1.18. The van der Waals surface area contributed by atoms with Crippen molar-refractivity contribution in [2.45, 2.75) is 11.1 Å². The number of hydrogen-bond acceptors (Lipinski definition) is 5. The number of rotatable bonds is 6. The van der Waals surface area contributed by atoms with Crippen LogP contribution in [0.15, 0.2) is 47.4 Å². The van der Waals surface area contributed by atoms with Gasteiger partial charge in [0.15, 0.2) is 0 Å². The number of amides is 1. The number of benzene rings is 2. The number of halogens is 4. The zero-order valence-corrected chi connectivity index (χ0v) is 17.8. The Bertz CT molecular complexity index is 1070. The number of anilines is 2. The highest BCUT2D eigenvalue weighted by atomic mass is 32.2. The largest absolute Gasteiger partial charge is 0.418 e. The van der Waals surface area contributed by atoms with Gasteiger partial charge in [-0.2, -0.15) is 17.5 Å². The van der Waals surface area contributed by atoms with Crippen molar-refractivity contribution in [2.24, 2.45) is 0 Å². The van der Waals surface area contributed by atoms with Gasteiger partial charge in [0.2, 0.25) is 15.9 Å². The van der Waals surface area contributed by atoms with Crippen LogP contribution in [0.5, 0.6) is 0 Å². The highest BCUT2D eigenvalue weighted by molar-refractivity contribution is 7.89. The molecule has 2 aromatic rings. The van der Waals surface area contributed by atoms with Gasteiger partial charge in [-0.15, -0.1) is 0 Å². The first-order valence-electron chi connectivity index (χ1n) is 9.54. The van der Waals surface area contributed by atoms with Crippen molar-refractivity contribution in [3.05, 3.63) is 53.8 Å². The third-order valence-corrected chi connectivity index (χ3v) is 6.66. The van der Waals surface area contributed by atoms with E-state index in [0.717, 1.165) is 43.4 Å². The van der Waals surface area contributed by atoms with Crippen molar-refractivity contribution >= 4 is 27.3 Å². The van der Waals surface area contributed by atoms with Crippen LogP contribution in [0.1, 0.15) is 5.56 Å². The normalized spacial score (nSPS) is 15.1. The number of alkyl halides is 3. The zero-order valence-electron chi connectivity index (χ0n) is 17.0. The minimum atomic E-state index is -4.74. The van der Waals surface area contributed by atoms with Crippen LogP contribution in [0.4, 0.5) is 28.9 Å². The molecule has 174 valence electrons. The van der Waals surface area contributed by atoms with Crippen molar-refractivity contribution in [1.29, 1.82) is 0 Å². The summed E-state index contributed by atoms with van der Waals surface area (Å²) in [4.78, 5) is 13.8. The number of carbonyl (C=O) groups is 1. The lowest BCUT2D eigenvalue weighted by molar-refractivity contribution is -0.136. The van der Waals surface area contributed by atoms with Gasteiger partial charge in [-0.25, -0.2) is 12.8 Å². The van der Waals surface area contributed by atoms with Gasteiger partial charge in [0.25, 0.3) is 0 Å². The summed E-state index contributed by atoms with van der Waals surface area (Å²) < 4.78 is 84.8. The average Bonchev–Trinajstić information content (AvgIpc) is 2.74. The highest BCUT2D eigenvalue weighted by Gasteiger charge is 2.35. The molecule has 3 rings (SSSR count). The van der Waals surface area contributed by atoms with E-state index in [1.165, 1.54) is 6.07 Å². The Morgan fingerprint density at radius 2 is 1.75 bits per heavy atom. The molecule has 0 aliphatic carbocycles. The van der Waals surface area contributed by atoms with Gasteiger partial charge in [-0.05, 0) is 42.5 Å². The van der Waals surface area contributed by atoms with Crippen LogP contribution in [-0.2, 0) is 25.7 Å². The Morgan fingerprint density at radius 1 is 1.12 bits per heavy atom. The van der Waals surface area contributed by atoms with E-state index >= 15 is 0 Å². The molecule has 0 bridgehead atoms. The SMILES string of the molecule is CN(CC(=O)Nc1ccc(N2CCOCC2)cc1C(F)(F)F)S(=O)(=O)c1ccc(F)cc1. The first kappa shape index (κ1) is 24.0. The minimum Gasteiger partial charge on any atom is -0.378 e. The first-order valence-corrected chi connectivity index (χ1v) is 11.0. The van der Waals surface area contributed by atoms with Crippen LogP contribution >= 0.6 is 0 Å². The fourth-order valence-corrected chi connectivity index (χ4v) is 4.28. The zero-order chi connectivity index (χ0) is 23.5. The molecule has 0 aromatic heterocycles. The lowest BCUT2D eigenvalue weighted by atomic mass is 10.1. The maximum atomic E-state index is 13.6. The summed E-state index contributed by atoms with van der Waals surface area (Å²) in [5.74, 6) is -1.59. The third kappa shape index (κ3) is 5.56. The number of likely N-dealkylation sites (N-methyl/N-ethyl adjacent to an activating group) is 1. The summed E-state index contributed by atoms with van der Waals surface area (Å²) in [6.45, 7) is 0.940. The Morgan fingerprint density at radius 3 is 2.34 bits per heavy atom. The molecule has 0 saturated carbocycles. The predicted octanol–water partition coefficient (Wildman–Crippen LogP) is 2.94. The summed E-state index contributed by atoms with van der Waals surface area (Å²) in [6.07, 6.45) is -4.74. The molecule has 0 radical (unpaired) electrons. The van der Waals surface area contributed by atoms with Gasteiger partial charge < -0.3 is 15.0 Å². The summed E-state index contributed by atoms with van der Waals surface area (Å²) in [7, 11) is -3.04. The second-order valence-corrected chi connectivity index (χ2v) is 9.14. The summed E-state index contributed by atoms with van der Waals surface area (Å²) >= 11 is 0. The first-order chi connectivity index (χ1) is 15.0. The number of ether oxygens (including phenoxy) is 1. The van der Waals surface area contributed by atoms with Crippen molar-refractivity contribution < 1.29 is 35.5 Å². The second-order valence-electron chi connectivity index (χ2n) is 7.09. The summed E-state index contributed by atoms with van der Waals surface area (Å²) in [5, 5.41) is 2.14. The molecule has 32 heavy (non-hydrogen) atoms. The molecule has 0 unspecified atom stereocenters. The molecule has 1 heterocycles. The van der Waals surface area contributed by atoms with E-state index in [9.17, 15) is 30.8 Å². The number of nitrogens with one attached hydrogen (secondary N) is 1. The third-order valence-electron chi connectivity index (χ3n) is 4.85. The molecule has 1 fully saturated rings. The minimum absolute atomic E-state index is 0.250. The van der Waals surface area contributed by atoms with Gasteiger partial charge in [0, 0.05) is 25.8 Å². The Kier molecular flexibility index (Phi) is 7.06. The van der Waals surface area contributed by atoms with Gasteiger partial charge in [-0.3, -0.25) is 4.79 Å². The van der Waals surface area contributed by atoms with Crippen LogP contribution in [0, 0.1) is 5.82 Å². The molecule has 1 N–H and O–H groups in total. The molecule has 1 aliphatic heterocycles. The molecule has 0 atom stereocenters. The van der Waals surface area contributed by atoms with Gasteiger partial charge in [0.1, 0.15) is 5.82 Å². The molecule has 1 aliphatic rings. The van der Waals surface area contributed by atoms with Crippen LogP contribution in [-0.4, -0.2) is 58.5 Å². The topological polar surface area (TPSA) is 79.0 Å². The average molecular weight is 475 g/mol. The molecular formula is C20H21F4N3O4S. The number of morpholine rings is 1. The molecule has 7 nitrogen and oxygen atoms in total. The Hall–Kier alpha value is -2.70. The van der Waals surface area contributed by atoms with E-state index in [2.05, 4.69) is 5.32 Å². The molecule has 2 aromatic carbocycles. The van der Waals surface area contributed by atoms with E-state index in [4.69, 9.17) is 4.74 Å². The lowest BCUT2D eigenvalue weighted by Crippen LogP contribution is -2.36. The van der Waals surface area contributed by atoms with Gasteiger partial charge >= 0.3 is 6.18 Å². The maximum absolute atomic E-state index is 13.6. The van der Waals surface area contributed by atoms with E-state index < -0.39 is 45.7 Å².